The van der Waals surface area contributed by atoms with Crippen molar-refractivity contribution >= 4 is 11.9 Å². The van der Waals surface area contributed by atoms with Crippen molar-refractivity contribution in [1.82, 2.24) is 10.4 Å². The molecule has 1 amide bonds. The Morgan fingerprint density at radius 1 is 1.25 bits per heavy atom. The van der Waals surface area contributed by atoms with Gasteiger partial charge in [0.2, 0.25) is 0 Å². The summed E-state index contributed by atoms with van der Waals surface area (Å²) in [4.78, 5) is 21.1. The number of amides is 1. The van der Waals surface area contributed by atoms with E-state index in [1.165, 1.54) is 0 Å². The minimum Gasteiger partial charge on any atom is -0.481 e. The Labute approximate surface area is 89.2 Å². The molecule has 2 N–H and O–H groups in total. The number of hydrazine groups is 1. The summed E-state index contributed by atoms with van der Waals surface area (Å²) in [6, 6.07) is 0. The predicted octanol–water partition coefficient (Wildman–Crippen LogP) is 0.376. The van der Waals surface area contributed by atoms with Crippen LogP contribution >= 0.6 is 0 Å². The number of aliphatic carboxylic acids is 1. The molecule has 0 atom stereocenters. The van der Waals surface area contributed by atoms with E-state index in [4.69, 9.17) is 5.11 Å². The van der Waals surface area contributed by atoms with Crippen molar-refractivity contribution in [3.63, 3.8) is 0 Å². The maximum atomic E-state index is 11.9. The molecule has 1 aliphatic rings. The number of nitrogens with zero attached hydrogens (tertiary/aromatic N) is 1. The smallest absolute Gasteiger partial charge is 0.472 e. The molecule has 0 saturated carbocycles. The Morgan fingerprint density at radius 2 is 1.75 bits per heavy atom. The Hall–Kier alpha value is -1.31. The fourth-order valence-electron chi connectivity index (χ4n) is 1.45. The lowest BCUT2D eigenvalue weighted by Crippen LogP contribution is -2.51. The molecule has 0 aromatic carbocycles. The van der Waals surface area contributed by atoms with Gasteiger partial charge in [-0.2, -0.15) is 13.2 Å². The first-order chi connectivity index (χ1) is 7.30. The van der Waals surface area contributed by atoms with Gasteiger partial charge in [-0.15, -0.1) is 0 Å². The van der Waals surface area contributed by atoms with Crippen LogP contribution in [-0.2, 0) is 9.59 Å². The molecule has 5 nitrogen and oxygen atoms in total. The van der Waals surface area contributed by atoms with E-state index in [9.17, 15) is 22.8 Å². The molecule has 0 aromatic rings. The van der Waals surface area contributed by atoms with Crippen LogP contribution in [0.5, 0.6) is 0 Å². The average Bonchev–Trinajstić information content (AvgIpc) is 2.17. The zero-order valence-corrected chi connectivity index (χ0v) is 8.25. The van der Waals surface area contributed by atoms with E-state index in [1.54, 1.807) is 5.43 Å². The zero-order valence-electron chi connectivity index (χ0n) is 8.25. The third-order valence-electron chi connectivity index (χ3n) is 2.36. The lowest BCUT2D eigenvalue weighted by molar-refractivity contribution is -0.179. The molecular weight excluding hydrogens is 229 g/mol. The van der Waals surface area contributed by atoms with E-state index in [-0.39, 0.29) is 25.9 Å². The lowest BCUT2D eigenvalue weighted by Gasteiger charge is -2.30. The van der Waals surface area contributed by atoms with Crippen LogP contribution < -0.4 is 5.43 Å². The summed E-state index contributed by atoms with van der Waals surface area (Å²) in [5.74, 6) is -3.53. The number of hydrogen-bond acceptors (Lipinski definition) is 3. The molecule has 0 aliphatic carbocycles. The van der Waals surface area contributed by atoms with Crippen LogP contribution in [0, 0.1) is 5.92 Å². The van der Waals surface area contributed by atoms with Crippen LogP contribution in [0.2, 0.25) is 0 Å². The van der Waals surface area contributed by atoms with Gasteiger partial charge in [0.25, 0.3) is 0 Å². The van der Waals surface area contributed by atoms with Gasteiger partial charge in [0.1, 0.15) is 0 Å². The van der Waals surface area contributed by atoms with Crippen LogP contribution in [0.15, 0.2) is 0 Å². The standard InChI is InChI=1S/C8H11F3N2O3/c9-8(10,11)7(16)12-13-3-1-5(2-4-13)6(14)15/h5H,1-4H2,(H,12,16)(H,14,15). The molecule has 1 fully saturated rings. The number of piperidine rings is 1. The summed E-state index contributed by atoms with van der Waals surface area (Å²) >= 11 is 0. The highest BCUT2D eigenvalue weighted by Crippen LogP contribution is 2.18. The van der Waals surface area contributed by atoms with E-state index in [0.29, 0.717) is 0 Å². The molecule has 8 heteroatoms. The monoisotopic (exact) mass is 240 g/mol. The molecule has 0 bridgehead atoms. The molecule has 0 spiro atoms. The Morgan fingerprint density at radius 3 is 2.12 bits per heavy atom. The molecular formula is C8H11F3N2O3. The number of hydrogen-bond donors (Lipinski definition) is 2. The molecule has 1 rings (SSSR count). The summed E-state index contributed by atoms with van der Waals surface area (Å²) in [6.45, 7) is 0.220. The number of rotatable bonds is 2. The van der Waals surface area contributed by atoms with Crippen molar-refractivity contribution in [2.45, 2.75) is 19.0 Å². The number of carbonyl (C=O) groups is 2. The average molecular weight is 240 g/mol. The first-order valence-corrected chi connectivity index (χ1v) is 4.66. The second-order valence-electron chi connectivity index (χ2n) is 3.54. The third kappa shape index (κ3) is 3.37. The SMILES string of the molecule is O=C(O)C1CCN(NC(=O)C(F)(F)F)CC1. The Kier molecular flexibility index (Phi) is 3.74. The third-order valence-corrected chi connectivity index (χ3v) is 2.36. The van der Waals surface area contributed by atoms with Crippen molar-refractivity contribution in [1.29, 1.82) is 0 Å². The number of nitrogens with one attached hydrogen (secondary N) is 1. The van der Waals surface area contributed by atoms with Crippen molar-refractivity contribution in [2.75, 3.05) is 13.1 Å². The fourth-order valence-corrected chi connectivity index (χ4v) is 1.45. The minimum atomic E-state index is -4.91. The highest BCUT2D eigenvalue weighted by atomic mass is 19.4. The highest BCUT2D eigenvalue weighted by Gasteiger charge is 2.40. The van der Waals surface area contributed by atoms with Gasteiger partial charge in [0.05, 0.1) is 5.92 Å². The molecule has 0 unspecified atom stereocenters. The van der Waals surface area contributed by atoms with Crippen molar-refractivity contribution in [3.05, 3.63) is 0 Å². The number of alkyl halides is 3. The van der Waals surface area contributed by atoms with Crippen LogP contribution in [0.4, 0.5) is 13.2 Å². The number of carbonyl (C=O) groups excluding carboxylic acids is 1. The van der Waals surface area contributed by atoms with Crippen LogP contribution in [0.25, 0.3) is 0 Å². The topological polar surface area (TPSA) is 69.6 Å². The summed E-state index contributed by atoms with van der Waals surface area (Å²) in [5.41, 5.74) is 1.69. The maximum absolute atomic E-state index is 11.9. The van der Waals surface area contributed by atoms with Gasteiger partial charge in [-0.05, 0) is 12.8 Å². The summed E-state index contributed by atoms with van der Waals surface area (Å²) in [7, 11) is 0. The first kappa shape index (κ1) is 12.8. The minimum absolute atomic E-state index is 0.110. The predicted molar refractivity (Wildman–Crippen MR) is 46.1 cm³/mol. The molecule has 16 heavy (non-hydrogen) atoms. The summed E-state index contributed by atoms with van der Waals surface area (Å²) in [6.07, 6.45) is -4.45. The zero-order chi connectivity index (χ0) is 12.3. The summed E-state index contributed by atoms with van der Waals surface area (Å²) in [5, 5.41) is 9.74. The molecule has 92 valence electrons. The van der Waals surface area contributed by atoms with E-state index in [1.807, 2.05) is 0 Å². The van der Waals surface area contributed by atoms with Crippen molar-refractivity contribution in [2.24, 2.45) is 5.92 Å². The van der Waals surface area contributed by atoms with Crippen molar-refractivity contribution < 1.29 is 27.9 Å². The van der Waals surface area contributed by atoms with Gasteiger partial charge < -0.3 is 5.11 Å². The van der Waals surface area contributed by atoms with Gasteiger partial charge in [-0.25, -0.2) is 5.01 Å². The van der Waals surface area contributed by atoms with Crippen LogP contribution in [0.1, 0.15) is 12.8 Å². The van der Waals surface area contributed by atoms with E-state index < -0.39 is 24.0 Å². The highest BCUT2D eigenvalue weighted by molar-refractivity contribution is 5.81. The number of halogens is 3. The van der Waals surface area contributed by atoms with Crippen molar-refractivity contribution in [3.8, 4) is 0 Å². The molecule has 0 aromatic heterocycles. The number of carboxylic acids is 1. The van der Waals surface area contributed by atoms with Gasteiger partial charge in [-0.1, -0.05) is 0 Å². The molecule has 1 aliphatic heterocycles. The largest absolute Gasteiger partial charge is 0.481 e. The Bertz CT molecular complexity index is 285. The van der Waals surface area contributed by atoms with E-state index in [2.05, 4.69) is 0 Å². The van der Waals surface area contributed by atoms with E-state index in [0.717, 1.165) is 5.01 Å². The van der Waals surface area contributed by atoms with Crippen LogP contribution in [-0.4, -0.2) is 41.3 Å². The fraction of sp³-hybridized carbons (Fsp3) is 0.750. The summed E-state index contributed by atoms with van der Waals surface area (Å²) < 4.78 is 35.6. The van der Waals surface area contributed by atoms with Gasteiger partial charge in [0.15, 0.2) is 0 Å². The van der Waals surface area contributed by atoms with E-state index >= 15 is 0 Å². The maximum Gasteiger partial charge on any atom is 0.472 e. The van der Waals surface area contributed by atoms with Crippen LogP contribution in [0.3, 0.4) is 0 Å². The molecule has 1 heterocycles. The molecule has 1 saturated heterocycles. The van der Waals surface area contributed by atoms with Gasteiger partial charge in [-0.3, -0.25) is 15.0 Å². The number of carboxylic acid groups (broad SMARTS) is 1. The molecule has 0 radical (unpaired) electrons. The lowest BCUT2D eigenvalue weighted by atomic mass is 9.98. The quantitative estimate of drug-likeness (QED) is 0.732. The second-order valence-corrected chi connectivity index (χ2v) is 3.54. The van der Waals surface area contributed by atoms with Gasteiger partial charge in [0, 0.05) is 13.1 Å². The Balaban J connectivity index is 2.38. The first-order valence-electron chi connectivity index (χ1n) is 4.66. The van der Waals surface area contributed by atoms with Gasteiger partial charge >= 0.3 is 18.1 Å². The second kappa shape index (κ2) is 4.69. The normalized spacial score (nSPS) is 19.4.